The van der Waals surface area contributed by atoms with Crippen LogP contribution in [-0.2, 0) is 9.32 Å². The number of carboxylic acid groups (broad SMARTS) is 1. The Bertz CT molecular complexity index is 1560. The molecule has 0 bridgehead atoms. The molecule has 5 rings (SSSR count). The minimum Gasteiger partial charge on any atom is -0.481 e. The number of aliphatic carboxylic acids is 1. The fraction of sp³-hybridized carbons (Fsp3) is 0.296. The number of carbonyl (C=O) groups excluding carboxylic acids is 1. The van der Waals surface area contributed by atoms with E-state index < -0.39 is 25.6 Å². The van der Waals surface area contributed by atoms with E-state index in [0.717, 1.165) is 18.3 Å². The van der Waals surface area contributed by atoms with Gasteiger partial charge in [-0.1, -0.05) is 11.3 Å². The second-order valence-electron chi connectivity index (χ2n) is 9.52. The minimum atomic E-state index is -1.55. The number of aromatic nitrogens is 3. The fourth-order valence-corrected chi connectivity index (χ4v) is 5.60. The van der Waals surface area contributed by atoms with Crippen LogP contribution in [0.3, 0.4) is 0 Å². The number of carboxylic acids is 1. The number of ether oxygens (including phenoxy) is 3. The molecule has 1 aliphatic carbocycles. The second-order valence-corrected chi connectivity index (χ2v) is 12.2. The van der Waals surface area contributed by atoms with Crippen LogP contribution >= 0.6 is 19.5 Å². The van der Waals surface area contributed by atoms with E-state index in [1.54, 1.807) is 24.4 Å². The van der Waals surface area contributed by atoms with Crippen LogP contribution in [0, 0.1) is 0 Å². The first-order valence-electron chi connectivity index (χ1n) is 12.3. The summed E-state index contributed by atoms with van der Waals surface area (Å²) in [4.78, 5) is 38.7. The number of hydrogen-bond donors (Lipinski definition) is 2. The predicted molar refractivity (Wildman–Crippen MR) is 152 cm³/mol. The topological polar surface area (TPSA) is 142 Å². The first-order valence-corrected chi connectivity index (χ1v) is 14.9. The van der Waals surface area contributed by atoms with Crippen LogP contribution in [0.4, 0.5) is 5.13 Å². The summed E-state index contributed by atoms with van der Waals surface area (Å²) in [6.45, 7) is 4.85. The maximum absolute atomic E-state index is 13.2. The zero-order chi connectivity index (χ0) is 28.4. The van der Waals surface area contributed by atoms with Gasteiger partial charge in [0.25, 0.3) is 5.91 Å². The molecule has 1 fully saturated rings. The number of pyridine rings is 2. The third kappa shape index (κ3) is 6.64. The highest BCUT2D eigenvalue weighted by Crippen LogP contribution is 2.40. The molecule has 0 spiro atoms. The van der Waals surface area contributed by atoms with E-state index >= 15 is 0 Å². The highest BCUT2D eigenvalue weighted by molar-refractivity contribution is 7.59. The summed E-state index contributed by atoms with van der Waals surface area (Å²) < 4.78 is 22.8. The van der Waals surface area contributed by atoms with Crippen LogP contribution in [0.2, 0.25) is 0 Å². The molecule has 1 amide bonds. The fourth-order valence-electron chi connectivity index (χ4n) is 3.50. The Morgan fingerprint density at radius 1 is 1.07 bits per heavy atom. The van der Waals surface area contributed by atoms with Crippen molar-refractivity contribution in [2.45, 2.75) is 38.4 Å². The van der Waals surface area contributed by atoms with Gasteiger partial charge in [0, 0.05) is 17.7 Å². The number of amides is 1. The van der Waals surface area contributed by atoms with Gasteiger partial charge in [-0.2, -0.15) is 0 Å². The molecule has 11 nitrogen and oxygen atoms in total. The molecular weight excluding hydrogens is 555 g/mol. The van der Waals surface area contributed by atoms with Gasteiger partial charge in [-0.3, -0.25) is 15.1 Å². The summed E-state index contributed by atoms with van der Waals surface area (Å²) >= 11 is 1.19. The Kier molecular flexibility index (Phi) is 7.84. The zero-order valence-electron chi connectivity index (χ0n) is 22.2. The molecule has 40 heavy (non-hydrogen) atoms. The lowest BCUT2D eigenvalue weighted by atomic mass is 10.1. The van der Waals surface area contributed by atoms with Gasteiger partial charge in [-0.25, -0.2) is 14.8 Å². The third-order valence-corrected chi connectivity index (χ3v) is 8.21. The molecule has 2 N–H and O–H groups in total. The predicted octanol–water partition coefficient (Wildman–Crippen LogP) is 5.21. The van der Waals surface area contributed by atoms with E-state index in [4.69, 9.17) is 18.7 Å². The monoisotopic (exact) mass is 582 g/mol. The highest BCUT2D eigenvalue weighted by Gasteiger charge is 2.30. The van der Waals surface area contributed by atoms with Crippen molar-refractivity contribution in [2.24, 2.45) is 0 Å². The third-order valence-electron chi connectivity index (χ3n) is 5.80. The summed E-state index contributed by atoms with van der Waals surface area (Å²) in [5.41, 5.74) is 0.0860. The summed E-state index contributed by atoms with van der Waals surface area (Å²) in [7, 11) is 0.709. The molecule has 1 aromatic carbocycles. The number of nitrogens with one attached hydrogen (secondary N) is 1. The molecule has 3 aromatic heterocycles. The number of nitrogens with zero attached hydrogens (tertiary/aromatic N) is 3. The van der Waals surface area contributed by atoms with Crippen LogP contribution in [0.25, 0.3) is 10.3 Å². The van der Waals surface area contributed by atoms with E-state index in [2.05, 4.69) is 20.3 Å². The Morgan fingerprint density at radius 2 is 1.85 bits per heavy atom. The summed E-state index contributed by atoms with van der Waals surface area (Å²) in [6, 6.07) is 11.6. The van der Waals surface area contributed by atoms with Crippen LogP contribution < -0.4 is 25.0 Å². The molecule has 1 atom stereocenters. The Morgan fingerprint density at radius 3 is 2.52 bits per heavy atom. The number of rotatable bonds is 11. The maximum atomic E-state index is 13.2. The van der Waals surface area contributed by atoms with Gasteiger partial charge in [0.05, 0.1) is 33.0 Å². The number of carbonyl (C=O) groups is 2. The van der Waals surface area contributed by atoms with Gasteiger partial charge in [0.15, 0.2) is 10.7 Å². The first-order chi connectivity index (χ1) is 19.1. The average Bonchev–Trinajstić information content (AvgIpc) is 3.64. The van der Waals surface area contributed by atoms with Gasteiger partial charge in [0.1, 0.15) is 27.6 Å². The summed E-state index contributed by atoms with van der Waals surface area (Å²) in [5, 5.41) is 12.6. The quantitative estimate of drug-likeness (QED) is 0.226. The normalized spacial score (nSPS) is 14.0. The molecule has 13 heteroatoms. The molecule has 3 heterocycles. The van der Waals surface area contributed by atoms with Crippen molar-refractivity contribution in [3.05, 3.63) is 54.2 Å². The van der Waals surface area contributed by atoms with Gasteiger partial charge < -0.3 is 23.8 Å². The number of benzene rings is 1. The van der Waals surface area contributed by atoms with E-state index in [1.165, 1.54) is 50.5 Å². The minimum absolute atomic E-state index is 0.144. The SMILES string of the molecule is COc1ccc2nc(NC(=O)c3cc(Oc4ccc(P(C)OC5CC5)nc4)cc(OC(C)(C)C(=O)O)c3)sc2n1. The van der Waals surface area contributed by atoms with Crippen molar-refractivity contribution < 1.29 is 33.4 Å². The molecule has 0 radical (unpaired) electrons. The molecular formula is C27H27N4O7PS. The summed E-state index contributed by atoms with van der Waals surface area (Å²) in [6.07, 6.45) is 4.09. The van der Waals surface area contributed by atoms with Crippen LogP contribution in [-0.4, -0.2) is 57.4 Å². The molecule has 1 unspecified atom stereocenters. The lowest BCUT2D eigenvalue weighted by Gasteiger charge is -2.22. The Balaban J connectivity index is 1.39. The molecule has 1 saturated carbocycles. The molecule has 208 valence electrons. The lowest BCUT2D eigenvalue weighted by Crippen LogP contribution is -2.37. The van der Waals surface area contributed by atoms with E-state index in [9.17, 15) is 14.7 Å². The number of fused-ring (bicyclic) bond motifs is 1. The van der Waals surface area contributed by atoms with Crippen LogP contribution in [0.1, 0.15) is 37.0 Å². The van der Waals surface area contributed by atoms with Crippen molar-refractivity contribution in [3.8, 4) is 23.1 Å². The molecule has 1 aliphatic rings. The Hall–Kier alpha value is -3.86. The van der Waals surface area contributed by atoms with Crippen molar-refractivity contribution >= 4 is 52.3 Å². The second kappa shape index (κ2) is 11.3. The standard InChI is InChI=1S/C27H27N4O7PS/c1-27(2,25(33)34)37-19-12-15(23(32)31-26-29-20-8-9-21(35-3)30-24(20)40-26)11-18(13-19)36-17-7-10-22(28-14-17)39(4)38-16-5-6-16/h7-14,16H,5-6H2,1-4H3,(H,33,34)(H,29,31,32). The first kappa shape index (κ1) is 27.7. The van der Waals surface area contributed by atoms with Crippen molar-refractivity contribution in [2.75, 3.05) is 19.1 Å². The zero-order valence-corrected chi connectivity index (χ0v) is 23.9. The van der Waals surface area contributed by atoms with Gasteiger partial charge in [0.2, 0.25) is 5.88 Å². The summed E-state index contributed by atoms with van der Waals surface area (Å²) in [5.74, 6) is -0.364. The molecule has 4 aromatic rings. The average molecular weight is 583 g/mol. The largest absolute Gasteiger partial charge is 0.481 e. The van der Waals surface area contributed by atoms with Crippen molar-refractivity contribution in [1.29, 1.82) is 0 Å². The Labute approximate surface area is 235 Å². The number of methoxy groups -OCH3 is 1. The van der Waals surface area contributed by atoms with Gasteiger partial charge in [-0.05, 0) is 63.7 Å². The van der Waals surface area contributed by atoms with Crippen LogP contribution in [0.15, 0.2) is 48.7 Å². The smallest absolute Gasteiger partial charge is 0.347 e. The lowest BCUT2D eigenvalue weighted by molar-refractivity contribution is -0.152. The van der Waals surface area contributed by atoms with E-state index in [-0.39, 0.29) is 17.1 Å². The van der Waals surface area contributed by atoms with Crippen LogP contribution in [0.5, 0.6) is 23.1 Å². The van der Waals surface area contributed by atoms with E-state index in [1.807, 2.05) is 12.7 Å². The number of thiazole rings is 1. The van der Waals surface area contributed by atoms with E-state index in [0.29, 0.717) is 33.2 Å². The van der Waals surface area contributed by atoms with Crippen molar-refractivity contribution in [1.82, 2.24) is 15.0 Å². The van der Waals surface area contributed by atoms with Gasteiger partial charge in [-0.15, -0.1) is 0 Å². The van der Waals surface area contributed by atoms with Gasteiger partial charge >= 0.3 is 5.97 Å². The molecule has 0 aliphatic heterocycles. The number of hydrogen-bond acceptors (Lipinski definition) is 10. The van der Waals surface area contributed by atoms with Crippen molar-refractivity contribution in [3.63, 3.8) is 0 Å². The maximum Gasteiger partial charge on any atom is 0.347 e. The molecule has 0 saturated heterocycles. The number of anilines is 1. The highest BCUT2D eigenvalue weighted by atomic mass is 32.1.